The third-order valence-electron chi connectivity index (χ3n) is 8.06. The Morgan fingerprint density at radius 2 is 1.85 bits per heavy atom. The monoisotopic (exact) mass is 543 g/mol. The van der Waals surface area contributed by atoms with Gasteiger partial charge in [-0.05, 0) is 48.9 Å². The summed E-state index contributed by atoms with van der Waals surface area (Å²) in [6, 6.07) is 22.5. The predicted molar refractivity (Wildman–Crippen MR) is 156 cm³/mol. The lowest BCUT2D eigenvalue weighted by atomic mass is 9.96. The van der Waals surface area contributed by atoms with E-state index in [1.165, 1.54) is 6.07 Å². The zero-order valence-electron chi connectivity index (χ0n) is 23.7. The maximum absolute atomic E-state index is 14.4. The molecule has 3 atom stereocenters. The second kappa shape index (κ2) is 11.9. The maximum atomic E-state index is 14.4. The Morgan fingerprint density at radius 3 is 2.62 bits per heavy atom. The first-order chi connectivity index (χ1) is 19.3. The fraction of sp³-hybridized carbons (Fsp3) is 0.364. The highest BCUT2D eigenvalue weighted by Gasteiger charge is 2.33. The molecule has 0 spiro atoms. The van der Waals surface area contributed by atoms with E-state index < -0.39 is 0 Å². The van der Waals surface area contributed by atoms with Crippen molar-refractivity contribution in [2.45, 2.75) is 39.1 Å². The van der Waals surface area contributed by atoms with E-state index in [1.807, 2.05) is 62.0 Å². The van der Waals surface area contributed by atoms with Crippen molar-refractivity contribution in [1.29, 1.82) is 0 Å². The highest BCUT2D eigenvalue weighted by Crippen LogP contribution is 2.38. The summed E-state index contributed by atoms with van der Waals surface area (Å²) in [6.45, 7) is 5.84. The number of aliphatic hydroxyl groups is 1. The van der Waals surface area contributed by atoms with Crippen molar-refractivity contribution < 1.29 is 19.0 Å². The minimum Gasteiger partial charge on any atom is -0.394 e. The molecule has 7 heteroatoms. The quantitative estimate of drug-likeness (QED) is 0.350. The van der Waals surface area contributed by atoms with E-state index in [4.69, 9.17) is 4.74 Å². The van der Waals surface area contributed by atoms with E-state index in [0.717, 1.165) is 33.2 Å². The number of para-hydroxylation sites is 1. The largest absolute Gasteiger partial charge is 0.394 e. The predicted octanol–water partition coefficient (Wildman–Crippen LogP) is 5.47. The van der Waals surface area contributed by atoms with Gasteiger partial charge in [-0.25, -0.2) is 4.39 Å². The van der Waals surface area contributed by atoms with E-state index in [1.54, 1.807) is 17.0 Å². The van der Waals surface area contributed by atoms with Crippen LogP contribution in [0, 0.1) is 11.7 Å². The topological polar surface area (TPSA) is 57.9 Å². The first-order valence-corrected chi connectivity index (χ1v) is 13.9. The van der Waals surface area contributed by atoms with Gasteiger partial charge in [0, 0.05) is 49.1 Å². The second-order valence-corrected chi connectivity index (χ2v) is 11.1. The van der Waals surface area contributed by atoms with Crippen molar-refractivity contribution in [3.8, 4) is 11.1 Å². The third kappa shape index (κ3) is 5.55. The number of ether oxygens (including phenoxy) is 1. The molecule has 1 N–H and O–H groups in total. The van der Waals surface area contributed by atoms with Crippen molar-refractivity contribution in [2.75, 3.05) is 26.7 Å². The minimum atomic E-state index is -0.373. The number of benzene rings is 3. The Bertz CT molecular complexity index is 1500. The van der Waals surface area contributed by atoms with Crippen LogP contribution in [0.25, 0.3) is 22.0 Å². The van der Waals surface area contributed by atoms with Crippen LogP contribution in [0.4, 0.5) is 4.39 Å². The molecule has 1 aliphatic heterocycles. The summed E-state index contributed by atoms with van der Waals surface area (Å²) in [5, 5.41) is 11.2. The van der Waals surface area contributed by atoms with Gasteiger partial charge >= 0.3 is 0 Å². The van der Waals surface area contributed by atoms with E-state index in [-0.39, 0.29) is 36.4 Å². The van der Waals surface area contributed by atoms with Crippen LogP contribution in [0.2, 0.25) is 0 Å². The smallest absolute Gasteiger partial charge is 0.271 e. The van der Waals surface area contributed by atoms with Crippen molar-refractivity contribution in [3.63, 3.8) is 0 Å². The molecule has 3 aromatic carbocycles. The number of carbonyl (C=O) groups excluding carboxylic acids is 1. The lowest BCUT2D eigenvalue weighted by Crippen LogP contribution is -2.47. The molecule has 210 valence electrons. The van der Waals surface area contributed by atoms with Crippen molar-refractivity contribution >= 4 is 16.8 Å². The van der Waals surface area contributed by atoms with Gasteiger partial charge in [0.05, 0.1) is 25.4 Å². The third-order valence-corrected chi connectivity index (χ3v) is 8.06. The van der Waals surface area contributed by atoms with Crippen molar-refractivity contribution in [1.82, 2.24) is 14.4 Å². The number of aryl methyl sites for hydroxylation is 1. The number of hydrogen-bond acceptors (Lipinski definition) is 4. The molecular weight excluding hydrogens is 505 g/mol. The lowest BCUT2D eigenvalue weighted by molar-refractivity contribution is -0.0242. The van der Waals surface area contributed by atoms with E-state index in [0.29, 0.717) is 31.9 Å². The van der Waals surface area contributed by atoms with E-state index in [2.05, 4.69) is 30.0 Å². The molecule has 5 rings (SSSR count). The van der Waals surface area contributed by atoms with Crippen molar-refractivity contribution in [3.05, 3.63) is 95.4 Å². The van der Waals surface area contributed by atoms with Crippen molar-refractivity contribution in [2.24, 2.45) is 13.0 Å². The Hall–Kier alpha value is -3.52. The average molecular weight is 544 g/mol. The van der Waals surface area contributed by atoms with Crippen LogP contribution in [0.15, 0.2) is 72.8 Å². The number of fused-ring (bicyclic) bond motifs is 5. The normalized spacial score (nSPS) is 18.9. The molecule has 0 saturated carbocycles. The number of hydrogen-bond donors (Lipinski definition) is 1. The van der Waals surface area contributed by atoms with Gasteiger partial charge in [0.15, 0.2) is 0 Å². The zero-order valence-corrected chi connectivity index (χ0v) is 23.7. The van der Waals surface area contributed by atoms with Gasteiger partial charge in [-0.15, -0.1) is 0 Å². The molecule has 40 heavy (non-hydrogen) atoms. The summed E-state index contributed by atoms with van der Waals surface area (Å²) >= 11 is 0. The molecular formula is C33H38FN3O3. The van der Waals surface area contributed by atoms with Gasteiger partial charge in [0.2, 0.25) is 0 Å². The van der Waals surface area contributed by atoms with Gasteiger partial charge < -0.3 is 19.3 Å². The highest BCUT2D eigenvalue weighted by molar-refractivity contribution is 6.10. The van der Waals surface area contributed by atoms with Gasteiger partial charge in [-0.3, -0.25) is 9.69 Å². The molecule has 4 aromatic rings. The standard InChI is InChI=1S/C33H38FN3O3/c1-22-17-37(23(2)20-38)33(39)32-31(28-14-7-8-15-29(28)36(32)4)27-13-6-5-11-25(27)21-40-30(22)19-35(3)18-24-10-9-12-26(34)16-24/h5-16,22-23,30,38H,17-21H2,1-4H3/t22-,23-,30-/m1/s1. The van der Waals surface area contributed by atoms with Crippen LogP contribution in [-0.4, -0.2) is 64.3 Å². The van der Waals surface area contributed by atoms with E-state index in [9.17, 15) is 14.3 Å². The molecule has 1 aromatic heterocycles. The molecule has 0 bridgehead atoms. The molecule has 0 aliphatic carbocycles. The summed E-state index contributed by atoms with van der Waals surface area (Å²) in [5.74, 6) is -0.386. The number of likely N-dealkylation sites (N-methyl/N-ethyl adjacent to an activating group) is 1. The molecule has 0 saturated heterocycles. The maximum Gasteiger partial charge on any atom is 0.271 e. The zero-order chi connectivity index (χ0) is 28.4. The summed E-state index contributed by atoms with van der Waals surface area (Å²) in [7, 11) is 3.94. The van der Waals surface area contributed by atoms with Gasteiger partial charge in [0.1, 0.15) is 11.5 Å². The van der Waals surface area contributed by atoms with Crippen LogP contribution in [0.3, 0.4) is 0 Å². The first-order valence-electron chi connectivity index (χ1n) is 13.9. The first kappa shape index (κ1) is 28.0. The summed E-state index contributed by atoms with van der Waals surface area (Å²) < 4.78 is 22.4. The lowest BCUT2D eigenvalue weighted by Gasteiger charge is -2.35. The van der Waals surface area contributed by atoms with Gasteiger partial charge in [-0.2, -0.15) is 0 Å². The van der Waals surface area contributed by atoms with Crippen LogP contribution in [0.1, 0.15) is 35.5 Å². The van der Waals surface area contributed by atoms with Crippen LogP contribution < -0.4 is 0 Å². The summed E-state index contributed by atoms with van der Waals surface area (Å²) in [4.78, 5) is 18.3. The molecule has 1 aliphatic rings. The van der Waals surface area contributed by atoms with Crippen LogP contribution in [-0.2, 0) is 24.9 Å². The Labute approximate surface area is 235 Å². The van der Waals surface area contributed by atoms with Crippen LogP contribution >= 0.6 is 0 Å². The molecule has 1 amide bonds. The fourth-order valence-electron chi connectivity index (χ4n) is 5.84. The minimum absolute atomic E-state index is 0.0312. The Balaban J connectivity index is 1.57. The second-order valence-electron chi connectivity index (χ2n) is 11.1. The summed E-state index contributed by atoms with van der Waals surface area (Å²) in [6.07, 6.45) is -0.203. The Kier molecular flexibility index (Phi) is 8.35. The Morgan fingerprint density at radius 1 is 1.10 bits per heavy atom. The number of nitrogens with zero attached hydrogens (tertiary/aromatic N) is 3. The molecule has 0 unspecified atom stereocenters. The number of amides is 1. The molecule has 0 fully saturated rings. The SMILES string of the molecule is C[C@@H]1CN([C@H](C)CO)C(=O)c2c(c3ccccc3n2C)-c2ccccc2CO[C@@H]1CN(C)Cc1cccc(F)c1. The van der Waals surface area contributed by atoms with Gasteiger partial charge in [0.25, 0.3) is 5.91 Å². The fourth-order valence-corrected chi connectivity index (χ4v) is 5.84. The number of halogens is 1. The number of rotatable bonds is 6. The average Bonchev–Trinajstić information content (AvgIpc) is 3.24. The van der Waals surface area contributed by atoms with Gasteiger partial charge in [-0.1, -0.05) is 61.5 Å². The molecule has 0 radical (unpaired) electrons. The molecule has 2 heterocycles. The number of carbonyl (C=O) groups is 1. The highest BCUT2D eigenvalue weighted by atomic mass is 19.1. The molecule has 6 nitrogen and oxygen atoms in total. The number of aromatic nitrogens is 1. The van der Waals surface area contributed by atoms with E-state index >= 15 is 0 Å². The number of aliphatic hydroxyl groups excluding tert-OH is 1. The van der Waals surface area contributed by atoms with Crippen LogP contribution in [0.5, 0.6) is 0 Å². The summed E-state index contributed by atoms with van der Waals surface area (Å²) in [5.41, 5.74) is 5.37.